The van der Waals surface area contributed by atoms with Gasteiger partial charge in [-0.25, -0.2) is 13.1 Å². The lowest BCUT2D eigenvalue weighted by molar-refractivity contribution is -0.385. The molecule has 0 unspecified atom stereocenters. The first-order chi connectivity index (χ1) is 20.6. The zero-order chi connectivity index (χ0) is 32.3. The molecular weight excluding hydrogens is 574 g/mol. The van der Waals surface area contributed by atoms with Gasteiger partial charge in [0, 0.05) is 29.5 Å². The van der Waals surface area contributed by atoms with Crippen LogP contribution in [0, 0.1) is 10.1 Å². The molecule has 0 bridgehead atoms. The van der Waals surface area contributed by atoms with Crippen LogP contribution in [0.4, 0.5) is 5.69 Å². The van der Waals surface area contributed by atoms with Gasteiger partial charge in [0.2, 0.25) is 10.0 Å². The molecule has 8 nitrogen and oxygen atoms in total. The molecule has 2 N–H and O–H groups in total. The summed E-state index contributed by atoms with van der Waals surface area (Å²) in [5.74, 6) is 0.120. The fraction of sp³-hybridized carbons (Fsp3) is 0.286. The SMILES string of the molecule is CC(C)(C)c1cc(C=N[C@H](c2ccccc2)[C@H](NS(=O)(=O)c2cccc([N+](=O)[O-])c2)c2ccccc2)c(O)c(C(C)(C)C)c1. The molecule has 0 saturated heterocycles. The van der Waals surface area contributed by atoms with Crippen molar-refractivity contribution in [3.63, 3.8) is 0 Å². The maximum atomic E-state index is 13.7. The van der Waals surface area contributed by atoms with Gasteiger partial charge >= 0.3 is 0 Å². The number of nitro groups is 1. The standard InChI is InChI=1S/C35H39N3O5S/c1-34(2,3)27-20-26(33(39)30(21-27)35(4,5)6)23-36-31(24-14-9-7-10-15-24)32(25-16-11-8-12-17-25)37-44(42,43)29-19-13-18-28(22-29)38(40)41/h7-23,31-32,37,39H,1-6H3/t31-,32-/m1/s1. The van der Waals surface area contributed by atoms with Crippen LogP contribution in [-0.4, -0.2) is 24.7 Å². The number of rotatable bonds is 9. The van der Waals surface area contributed by atoms with Crippen LogP contribution in [0.2, 0.25) is 0 Å². The van der Waals surface area contributed by atoms with E-state index in [1.165, 1.54) is 18.2 Å². The average Bonchev–Trinajstić information content (AvgIpc) is 2.97. The monoisotopic (exact) mass is 613 g/mol. The molecular formula is C35H39N3O5S. The zero-order valence-corrected chi connectivity index (χ0v) is 26.7. The lowest BCUT2D eigenvalue weighted by atomic mass is 9.79. The number of phenols is 1. The molecule has 0 fully saturated rings. The quantitative estimate of drug-likeness (QED) is 0.113. The molecule has 0 radical (unpaired) electrons. The highest BCUT2D eigenvalue weighted by Gasteiger charge is 2.31. The summed E-state index contributed by atoms with van der Waals surface area (Å²) >= 11 is 0. The van der Waals surface area contributed by atoms with E-state index in [0.717, 1.165) is 22.8 Å². The molecule has 0 spiro atoms. The van der Waals surface area contributed by atoms with Crippen molar-refractivity contribution in [3.05, 3.63) is 135 Å². The first-order valence-corrected chi connectivity index (χ1v) is 15.8. The van der Waals surface area contributed by atoms with Crippen molar-refractivity contribution in [1.82, 2.24) is 4.72 Å². The van der Waals surface area contributed by atoms with Crippen molar-refractivity contribution in [2.75, 3.05) is 0 Å². The number of nitro benzene ring substituents is 1. The lowest BCUT2D eigenvalue weighted by Gasteiger charge is -2.28. The fourth-order valence-corrected chi connectivity index (χ4v) is 6.18. The minimum Gasteiger partial charge on any atom is -0.507 e. The molecule has 0 amide bonds. The Morgan fingerprint density at radius 3 is 1.95 bits per heavy atom. The Morgan fingerprint density at radius 1 is 0.818 bits per heavy atom. The Morgan fingerprint density at radius 2 is 1.41 bits per heavy atom. The zero-order valence-electron chi connectivity index (χ0n) is 25.9. The van der Waals surface area contributed by atoms with E-state index < -0.39 is 27.0 Å². The minimum absolute atomic E-state index is 0.120. The summed E-state index contributed by atoms with van der Waals surface area (Å²) < 4.78 is 30.3. The van der Waals surface area contributed by atoms with Crippen molar-refractivity contribution in [2.24, 2.45) is 4.99 Å². The van der Waals surface area contributed by atoms with Crippen molar-refractivity contribution in [2.45, 2.75) is 69.4 Å². The third kappa shape index (κ3) is 7.59. The Hall–Kier alpha value is -4.34. The fourth-order valence-electron chi connectivity index (χ4n) is 4.91. The van der Waals surface area contributed by atoms with Crippen LogP contribution in [0.25, 0.3) is 0 Å². The summed E-state index contributed by atoms with van der Waals surface area (Å²) in [6.07, 6.45) is 1.61. The van der Waals surface area contributed by atoms with E-state index in [-0.39, 0.29) is 27.2 Å². The second-order valence-corrected chi connectivity index (χ2v) is 14.6. The van der Waals surface area contributed by atoms with Crippen LogP contribution >= 0.6 is 0 Å². The number of nitrogens with one attached hydrogen (secondary N) is 1. The highest BCUT2D eigenvalue weighted by atomic mass is 32.2. The molecule has 0 saturated carbocycles. The van der Waals surface area contributed by atoms with Gasteiger partial charge in [-0.15, -0.1) is 0 Å². The summed E-state index contributed by atoms with van der Waals surface area (Å²) in [6, 6.07) is 25.6. The number of aliphatic imine (C=N–C) groups is 1. The van der Waals surface area contributed by atoms with Crippen molar-refractivity contribution in [1.29, 1.82) is 0 Å². The average molecular weight is 614 g/mol. The van der Waals surface area contributed by atoms with Crippen LogP contribution in [0.5, 0.6) is 5.75 Å². The van der Waals surface area contributed by atoms with Gasteiger partial charge in [0.05, 0.1) is 21.9 Å². The Balaban J connectivity index is 1.89. The van der Waals surface area contributed by atoms with Crippen molar-refractivity contribution >= 4 is 21.9 Å². The van der Waals surface area contributed by atoms with Crippen LogP contribution in [0.1, 0.15) is 81.4 Å². The molecule has 230 valence electrons. The highest BCUT2D eigenvalue weighted by molar-refractivity contribution is 7.89. The number of phenolic OH excluding ortho intramolecular Hbond substituents is 1. The van der Waals surface area contributed by atoms with Gasteiger partial charge in [0.15, 0.2) is 0 Å². The number of benzene rings is 4. The molecule has 0 aliphatic rings. The van der Waals surface area contributed by atoms with Gasteiger partial charge in [-0.1, -0.05) is 114 Å². The molecule has 0 heterocycles. The predicted molar refractivity (Wildman–Crippen MR) is 175 cm³/mol. The van der Waals surface area contributed by atoms with E-state index in [4.69, 9.17) is 4.99 Å². The third-order valence-corrected chi connectivity index (χ3v) is 8.86. The van der Waals surface area contributed by atoms with Gasteiger partial charge in [-0.05, 0) is 39.7 Å². The van der Waals surface area contributed by atoms with E-state index in [0.29, 0.717) is 11.1 Å². The first-order valence-electron chi connectivity index (χ1n) is 14.4. The Labute approximate surface area is 259 Å². The second kappa shape index (κ2) is 12.7. The topological polar surface area (TPSA) is 122 Å². The van der Waals surface area contributed by atoms with E-state index in [9.17, 15) is 23.6 Å². The van der Waals surface area contributed by atoms with Gasteiger partial charge in [0.25, 0.3) is 5.69 Å². The normalized spacial score (nSPS) is 14.0. The van der Waals surface area contributed by atoms with E-state index in [1.807, 2.05) is 93.6 Å². The molecule has 44 heavy (non-hydrogen) atoms. The van der Waals surface area contributed by atoms with E-state index in [2.05, 4.69) is 25.5 Å². The van der Waals surface area contributed by atoms with Gasteiger partial charge in [-0.2, -0.15) is 0 Å². The predicted octanol–water partition coefficient (Wildman–Crippen LogP) is 7.78. The van der Waals surface area contributed by atoms with E-state index in [1.54, 1.807) is 6.21 Å². The lowest BCUT2D eigenvalue weighted by Crippen LogP contribution is -2.32. The Bertz CT molecular complexity index is 1760. The molecule has 4 aromatic carbocycles. The van der Waals surface area contributed by atoms with Gasteiger partial charge < -0.3 is 5.11 Å². The summed E-state index contributed by atoms with van der Waals surface area (Å²) in [5.41, 5.74) is 2.86. The number of hydrogen-bond acceptors (Lipinski definition) is 6. The second-order valence-electron chi connectivity index (χ2n) is 12.9. The van der Waals surface area contributed by atoms with Crippen LogP contribution in [0.3, 0.4) is 0 Å². The van der Waals surface area contributed by atoms with Crippen molar-refractivity contribution < 1.29 is 18.4 Å². The van der Waals surface area contributed by atoms with Crippen LogP contribution in [0.15, 0.2) is 107 Å². The molecule has 0 aliphatic carbocycles. The smallest absolute Gasteiger partial charge is 0.270 e. The minimum atomic E-state index is -4.24. The number of aromatic hydroxyl groups is 1. The maximum Gasteiger partial charge on any atom is 0.270 e. The summed E-state index contributed by atoms with van der Waals surface area (Å²) in [6.45, 7) is 12.4. The number of hydrogen-bond donors (Lipinski definition) is 2. The first kappa shape index (κ1) is 32.6. The molecule has 4 aromatic rings. The van der Waals surface area contributed by atoms with Crippen LogP contribution in [-0.2, 0) is 20.9 Å². The van der Waals surface area contributed by atoms with Crippen molar-refractivity contribution in [3.8, 4) is 5.75 Å². The summed E-state index contributed by atoms with van der Waals surface area (Å²) in [7, 11) is -4.24. The Kier molecular flexibility index (Phi) is 9.41. The largest absolute Gasteiger partial charge is 0.507 e. The summed E-state index contributed by atoms with van der Waals surface area (Å²) in [4.78, 5) is 15.5. The van der Waals surface area contributed by atoms with E-state index >= 15 is 0 Å². The highest BCUT2D eigenvalue weighted by Crippen LogP contribution is 2.38. The molecule has 2 atom stereocenters. The molecule has 0 aromatic heterocycles. The summed E-state index contributed by atoms with van der Waals surface area (Å²) in [5, 5.41) is 22.8. The number of non-ortho nitro benzene ring substituents is 1. The maximum absolute atomic E-state index is 13.7. The number of nitrogens with zero attached hydrogens (tertiary/aromatic N) is 2. The van der Waals surface area contributed by atoms with Gasteiger partial charge in [-0.3, -0.25) is 15.1 Å². The number of sulfonamides is 1. The van der Waals surface area contributed by atoms with Gasteiger partial charge in [0.1, 0.15) is 5.75 Å². The molecule has 4 rings (SSSR count). The molecule has 9 heteroatoms. The van der Waals surface area contributed by atoms with Crippen LogP contribution < -0.4 is 4.72 Å². The molecule has 0 aliphatic heterocycles. The third-order valence-electron chi connectivity index (χ3n) is 7.42.